The number of para-hydroxylation sites is 1. The smallest absolute Gasteiger partial charge is 0.293 e. The average molecular weight is 549 g/mol. The van der Waals surface area contributed by atoms with Crippen molar-refractivity contribution >= 4 is 34.7 Å². The van der Waals surface area contributed by atoms with E-state index in [4.69, 9.17) is 14.2 Å². The van der Waals surface area contributed by atoms with Crippen molar-refractivity contribution in [1.82, 2.24) is 4.90 Å². The minimum Gasteiger partial charge on any atom is -0.491 e. The molecule has 3 aromatic rings. The van der Waals surface area contributed by atoms with E-state index in [0.29, 0.717) is 34.1 Å². The standard InChI is InChI=1S/C29H28N2O7S/c1-4-36-26-16-21(11-12-24(26)38-18-22-7-5-6-8-23(22)31(34)35)17-27-28(32)30(29(33)39-27)13-14-37-25-15-19(2)9-10-20(25)3/h5-12,15-17H,4,13-14,18H2,1-3H3/b27-17-. The van der Waals surface area contributed by atoms with Crippen LogP contribution in [0.2, 0.25) is 0 Å². The molecule has 1 heterocycles. The highest BCUT2D eigenvalue weighted by molar-refractivity contribution is 8.18. The lowest BCUT2D eigenvalue weighted by molar-refractivity contribution is -0.385. The summed E-state index contributed by atoms with van der Waals surface area (Å²) >= 11 is 0.871. The Hall–Kier alpha value is -4.31. The maximum Gasteiger partial charge on any atom is 0.293 e. The highest BCUT2D eigenvalue weighted by Gasteiger charge is 2.35. The number of rotatable bonds is 11. The van der Waals surface area contributed by atoms with Crippen LogP contribution in [0, 0.1) is 24.0 Å². The summed E-state index contributed by atoms with van der Waals surface area (Å²) in [6.45, 7) is 6.41. The number of benzene rings is 3. The molecule has 39 heavy (non-hydrogen) atoms. The number of aryl methyl sites for hydroxylation is 2. The highest BCUT2D eigenvalue weighted by Crippen LogP contribution is 2.35. The zero-order valence-electron chi connectivity index (χ0n) is 21.8. The summed E-state index contributed by atoms with van der Waals surface area (Å²) in [4.78, 5) is 37.8. The van der Waals surface area contributed by atoms with Crippen molar-refractivity contribution < 1.29 is 28.7 Å². The lowest BCUT2D eigenvalue weighted by atomic mass is 10.1. The van der Waals surface area contributed by atoms with Crippen LogP contribution in [0.1, 0.15) is 29.2 Å². The third kappa shape index (κ3) is 6.77. The van der Waals surface area contributed by atoms with Crippen LogP contribution in [-0.4, -0.2) is 40.7 Å². The monoisotopic (exact) mass is 548 g/mol. The molecule has 1 aliphatic rings. The predicted molar refractivity (Wildman–Crippen MR) is 149 cm³/mol. The zero-order valence-corrected chi connectivity index (χ0v) is 22.7. The molecule has 202 valence electrons. The fourth-order valence-corrected chi connectivity index (χ4v) is 4.79. The first-order valence-corrected chi connectivity index (χ1v) is 13.2. The zero-order chi connectivity index (χ0) is 27.9. The lowest BCUT2D eigenvalue weighted by Crippen LogP contribution is -2.32. The number of ether oxygens (including phenoxy) is 3. The van der Waals surface area contributed by atoms with Crippen molar-refractivity contribution in [2.75, 3.05) is 19.8 Å². The summed E-state index contributed by atoms with van der Waals surface area (Å²) in [6, 6.07) is 17.4. The molecule has 0 N–H and O–H groups in total. The number of nitro groups is 1. The number of hydrogen-bond acceptors (Lipinski definition) is 8. The molecule has 0 aromatic heterocycles. The Kier molecular flexibility index (Phi) is 8.88. The molecule has 0 bridgehead atoms. The van der Waals surface area contributed by atoms with Gasteiger partial charge in [0.15, 0.2) is 11.5 Å². The molecule has 1 aliphatic heterocycles. The van der Waals surface area contributed by atoms with Crippen LogP contribution in [0.25, 0.3) is 6.08 Å². The molecule has 9 nitrogen and oxygen atoms in total. The second kappa shape index (κ2) is 12.5. The molecule has 0 aliphatic carbocycles. The van der Waals surface area contributed by atoms with Gasteiger partial charge in [0.2, 0.25) is 0 Å². The van der Waals surface area contributed by atoms with Crippen molar-refractivity contribution in [3.05, 3.63) is 97.9 Å². The largest absolute Gasteiger partial charge is 0.491 e. The number of imide groups is 1. The fraction of sp³-hybridized carbons (Fsp3) is 0.241. The Labute approximate surface area is 230 Å². The molecule has 1 fully saturated rings. The summed E-state index contributed by atoms with van der Waals surface area (Å²) in [6.07, 6.45) is 1.63. The molecular weight excluding hydrogens is 520 g/mol. The van der Waals surface area contributed by atoms with Crippen molar-refractivity contribution in [3.63, 3.8) is 0 Å². The van der Waals surface area contributed by atoms with Gasteiger partial charge in [0.05, 0.1) is 28.5 Å². The van der Waals surface area contributed by atoms with Crippen LogP contribution in [0.5, 0.6) is 17.2 Å². The van der Waals surface area contributed by atoms with Crippen LogP contribution in [-0.2, 0) is 11.4 Å². The van der Waals surface area contributed by atoms with Gasteiger partial charge >= 0.3 is 0 Å². The Morgan fingerprint density at radius 3 is 2.51 bits per heavy atom. The molecule has 0 atom stereocenters. The number of carbonyl (C=O) groups excluding carboxylic acids is 2. The van der Waals surface area contributed by atoms with Crippen LogP contribution < -0.4 is 14.2 Å². The van der Waals surface area contributed by atoms with Gasteiger partial charge in [0, 0.05) is 6.07 Å². The van der Waals surface area contributed by atoms with E-state index < -0.39 is 4.92 Å². The molecule has 4 rings (SSSR count). The van der Waals surface area contributed by atoms with Gasteiger partial charge in [-0.2, -0.15) is 0 Å². The van der Waals surface area contributed by atoms with Crippen molar-refractivity contribution in [1.29, 1.82) is 0 Å². The summed E-state index contributed by atoms with van der Waals surface area (Å²) < 4.78 is 17.4. The normalized spacial score (nSPS) is 14.1. The van der Waals surface area contributed by atoms with E-state index in [1.165, 1.54) is 11.0 Å². The van der Waals surface area contributed by atoms with Gasteiger partial charge in [-0.1, -0.05) is 30.3 Å². The molecule has 3 aromatic carbocycles. The quantitative estimate of drug-likeness (QED) is 0.156. The van der Waals surface area contributed by atoms with E-state index in [1.54, 1.807) is 42.5 Å². The van der Waals surface area contributed by atoms with E-state index in [1.807, 2.05) is 39.0 Å². The summed E-state index contributed by atoms with van der Waals surface area (Å²) in [5, 5.41) is 10.9. The van der Waals surface area contributed by atoms with Crippen molar-refractivity contribution in [2.24, 2.45) is 0 Å². The molecule has 0 saturated carbocycles. The van der Waals surface area contributed by atoms with Crippen LogP contribution in [0.4, 0.5) is 10.5 Å². The van der Waals surface area contributed by atoms with Crippen molar-refractivity contribution in [3.8, 4) is 17.2 Å². The minimum absolute atomic E-state index is 0.0143. The molecule has 0 spiro atoms. The molecule has 1 saturated heterocycles. The summed E-state index contributed by atoms with van der Waals surface area (Å²) in [5.41, 5.74) is 3.10. The van der Waals surface area contributed by atoms with Crippen LogP contribution >= 0.6 is 11.8 Å². The Morgan fingerprint density at radius 2 is 1.74 bits per heavy atom. The number of hydrogen-bond donors (Lipinski definition) is 0. The number of amides is 2. The van der Waals surface area contributed by atoms with E-state index in [-0.39, 0.29) is 36.6 Å². The Balaban J connectivity index is 1.44. The maximum absolute atomic E-state index is 13.0. The number of nitro benzene ring substituents is 1. The summed E-state index contributed by atoms with van der Waals surface area (Å²) in [5.74, 6) is 1.17. The number of carbonyl (C=O) groups is 2. The topological polar surface area (TPSA) is 108 Å². The van der Waals surface area contributed by atoms with E-state index in [9.17, 15) is 19.7 Å². The highest BCUT2D eigenvalue weighted by atomic mass is 32.2. The molecule has 0 unspecified atom stereocenters. The predicted octanol–water partition coefficient (Wildman–Crippen LogP) is 6.30. The second-order valence-electron chi connectivity index (χ2n) is 8.76. The van der Waals surface area contributed by atoms with Gasteiger partial charge < -0.3 is 14.2 Å². The van der Waals surface area contributed by atoms with Crippen LogP contribution in [0.15, 0.2) is 65.6 Å². The molecule has 10 heteroatoms. The third-order valence-electron chi connectivity index (χ3n) is 5.93. The van der Waals surface area contributed by atoms with E-state index in [2.05, 4.69) is 0 Å². The SMILES string of the molecule is CCOc1cc(/C=C2\SC(=O)N(CCOc3cc(C)ccc3C)C2=O)ccc1OCc1ccccc1[N+](=O)[O-]. The molecule has 2 amide bonds. The Bertz CT molecular complexity index is 1440. The average Bonchev–Trinajstić information content (AvgIpc) is 3.17. The Morgan fingerprint density at radius 1 is 0.949 bits per heavy atom. The second-order valence-corrected chi connectivity index (χ2v) is 9.76. The minimum atomic E-state index is -0.450. The van der Waals surface area contributed by atoms with Gasteiger partial charge in [0.1, 0.15) is 19.0 Å². The maximum atomic E-state index is 13.0. The van der Waals surface area contributed by atoms with Gasteiger partial charge in [-0.25, -0.2) is 0 Å². The lowest BCUT2D eigenvalue weighted by Gasteiger charge is -2.15. The van der Waals surface area contributed by atoms with Gasteiger partial charge in [-0.15, -0.1) is 0 Å². The first-order valence-electron chi connectivity index (χ1n) is 12.3. The summed E-state index contributed by atoms with van der Waals surface area (Å²) in [7, 11) is 0. The van der Waals surface area contributed by atoms with Crippen LogP contribution in [0.3, 0.4) is 0 Å². The molecule has 0 radical (unpaired) electrons. The first kappa shape index (κ1) is 27.7. The van der Waals surface area contributed by atoms with Gasteiger partial charge in [-0.05, 0) is 79.6 Å². The fourth-order valence-electron chi connectivity index (χ4n) is 3.92. The van der Waals surface area contributed by atoms with Gasteiger partial charge in [-0.3, -0.25) is 24.6 Å². The molecular formula is C29H28N2O7S. The first-order chi connectivity index (χ1) is 18.8. The third-order valence-corrected chi connectivity index (χ3v) is 6.83. The van der Waals surface area contributed by atoms with E-state index >= 15 is 0 Å². The van der Waals surface area contributed by atoms with Crippen molar-refractivity contribution in [2.45, 2.75) is 27.4 Å². The number of thioether (sulfide) groups is 1. The van der Waals surface area contributed by atoms with E-state index in [0.717, 1.165) is 28.6 Å². The number of nitrogens with zero attached hydrogens (tertiary/aromatic N) is 2. The van der Waals surface area contributed by atoms with Gasteiger partial charge in [0.25, 0.3) is 16.8 Å².